The lowest BCUT2D eigenvalue weighted by molar-refractivity contribution is 0.1000. The Bertz CT molecular complexity index is 839. The summed E-state index contributed by atoms with van der Waals surface area (Å²) in [6.45, 7) is 7.36. The Morgan fingerprint density at radius 3 is 2.55 bits per heavy atom. The van der Waals surface area contributed by atoms with Crippen molar-refractivity contribution in [2.24, 2.45) is 10.7 Å². The monoisotopic (exact) mass is 510 g/mol. The van der Waals surface area contributed by atoms with E-state index >= 15 is 0 Å². The van der Waals surface area contributed by atoms with E-state index in [-0.39, 0.29) is 30.1 Å². The van der Waals surface area contributed by atoms with Crippen molar-refractivity contribution in [2.45, 2.75) is 46.4 Å². The molecule has 0 spiro atoms. The van der Waals surface area contributed by atoms with Crippen LogP contribution < -0.4 is 21.1 Å². The molecule has 0 aromatic heterocycles. The molecule has 29 heavy (non-hydrogen) atoms. The van der Waals surface area contributed by atoms with E-state index in [9.17, 15) is 4.79 Å². The number of halogens is 1. The highest BCUT2D eigenvalue weighted by molar-refractivity contribution is 14.0. The van der Waals surface area contributed by atoms with Gasteiger partial charge in [-0.25, -0.2) is 0 Å². The zero-order valence-electron chi connectivity index (χ0n) is 17.5. The summed E-state index contributed by atoms with van der Waals surface area (Å²) < 4.78 is 6.06. The number of hydrogen-bond donors (Lipinski definition) is 3. The van der Waals surface area contributed by atoms with Crippen LogP contribution in [-0.4, -0.2) is 25.0 Å². The van der Waals surface area contributed by atoms with E-state index in [0.717, 1.165) is 23.3 Å². The van der Waals surface area contributed by atoms with Gasteiger partial charge in [-0.05, 0) is 49.6 Å². The normalized spacial score (nSPS) is 11.9. The van der Waals surface area contributed by atoms with Gasteiger partial charge >= 0.3 is 0 Å². The first-order valence-electron chi connectivity index (χ1n) is 9.52. The van der Waals surface area contributed by atoms with E-state index in [1.165, 1.54) is 5.56 Å². The number of nitrogens with two attached hydrogens (primary N) is 1. The number of primary amides is 1. The highest BCUT2D eigenvalue weighted by Crippen LogP contribution is 2.22. The highest BCUT2D eigenvalue weighted by atomic mass is 127. The van der Waals surface area contributed by atoms with Crippen LogP contribution in [0.1, 0.15) is 47.3 Å². The van der Waals surface area contributed by atoms with Crippen molar-refractivity contribution in [3.63, 3.8) is 0 Å². The number of aryl methyl sites for hydroxylation is 1. The second-order valence-electron chi connectivity index (χ2n) is 6.79. The van der Waals surface area contributed by atoms with Gasteiger partial charge in [0.1, 0.15) is 5.75 Å². The summed E-state index contributed by atoms with van der Waals surface area (Å²) in [6, 6.07) is 13.4. The molecular weight excluding hydrogens is 479 g/mol. The number of aliphatic imine (C=N–C) groups is 1. The number of carbonyl (C=O) groups is 1. The molecule has 0 aliphatic heterocycles. The molecule has 0 saturated heterocycles. The Hall–Kier alpha value is -2.29. The second kappa shape index (κ2) is 12.3. The molecule has 1 amide bonds. The van der Waals surface area contributed by atoms with Crippen LogP contribution in [-0.2, 0) is 13.1 Å². The van der Waals surface area contributed by atoms with Crippen LogP contribution in [0.15, 0.2) is 47.5 Å². The molecule has 0 bridgehead atoms. The fraction of sp³-hybridized carbons (Fsp3) is 0.364. The molecule has 2 rings (SSSR count). The lowest BCUT2D eigenvalue weighted by Crippen LogP contribution is -2.36. The highest BCUT2D eigenvalue weighted by Gasteiger charge is 2.09. The maximum Gasteiger partial charge on any atom is 0.248 e. The number of carbonyl (C=O) groups excluding carboxylic acids is 1. The van der Waals surface area contributed by atoms with Gasteiger partial charge in [-0.2, -0.15) is 0 Å². The minimum Gasteiger partial charge on any atom is -0.490 e. The predicted molar refractivity (Wildman–Crippen MR) is 129 cm³/mol. The molecule has 6 nitrogen and oxygen atoms in total. The van der Waals surface area contributed by atoms with E-state index < -0.39 is 5.91 Å². The van der Waals surface area contributed by atoms with Crippen molar-refractivity contribution in [2.75, 3.05) is 7.05 Å². The van der Waals surface area contributed by atoms with Crippen LogP contribution in [0.25, 0.3) is 0 Å². The van der Waals surface area contributed by atoms with Crippen molar-refractivity contribution < 1.29 is 9.53 Å². The third-order valence-electron chi connectivity index (χ3n) is 4.47. The SMILES string of the molecule is CCC(C)Oc1cc(C)ccc1CNC(=NC)NCc1cccc(C(N)=O)c1.I. The number of rotatable bonds is 8. The van der Waals surface area contributed by atoms with Crippen molar-refractivity contribution >= 4 is 35.8 Å². The van der Waals surface area contributed by atoms with Gasteiger partial charge in [-0.1, -0.05) is 31.2 Å². The van der Waals surface area contributed by atoms with Crippen LogP contribution >= 0.6 is 24.0 Å². The lowest BCUT2D eigenvalue weighted by atomic mass is 10.1. The first-order chi connectivity index (χ1) is 13.4. The van der Waals surface area contributed by atoms with E-state index in [0.29, 0.717) is 24.6 Å². The molecule has 0 fully saturated rings. The van der Waals surface area contributed by atoms with Gasteiger partial charge in [-0.15, -0.1) is 24.0 Å². The first-order valence-corrected chi connectivity index (χ1v) is 9.52. The molecule has 4 N–H and O–H groups in total. The topological polar surface area (TPSA) is 88.7 Å². The summed E-state index contributed by atoms with van der Waals surface area (Å²) in [5.74, 6) is 1.13. The Labute approximate surface area is 190 Å². The molecule has 0 aliphatic rings. The molecule has 0 saturated carbocycles. The van der Waals surface area contributed by atoms with Gasteiger partial charge in [0.15, 0.2) is 5.96 Å². The quantitative estimate of drug-likeness (QED) is 0.287. The van der Waals surface area contributed by atoms with Crippen molar-refractivity contribution in [1.29, 1.82) is 0 Å². The minimum absolute atomic E-state index is 0. The molecule has 2 aromatic rings. The number of nitrogens with one attached hydrogen (secondary N) is 2. The number of benzene rings is 2. The summed E-state index contributed by atoms with van der Waals surface area (Å²) in [5.41, 5.74) is 9.03. The molecule has 0 aliphatic carbocycles. The minimum atomic E-state index is -0.433. The van der Waals surface area contributed by atoms with Crippen molar-refractivity contribution in [1.82, 2.24) is 10.6 Å². The Kier molecular flexibility index (Phi) is 10.5. The van der Waals surface area contributed by atoms with Crippen LogP contribution in [0.2, 0.25) is 0 Å². The average Bonchev–Trinajstić information content (AvgIpc) is 2.69. The number of amides is 1. The van der Waals surface area contributed by atoms with Crippen LogP contribution in [0.3, 0.4) is 0 Å². The van der Waals surface area contributed by atoms with E-state index in [1.54, 1.807) is 19.2 Å². The summed E-state index contributed by atoms with van der Waals surface area (Å²) in [4.78, 5) is 15.6. The van der Waals surface area contributed by atoms with E-state index in [4.69, 9.17) is 10.5 Å². The fourth-order valence-corrected chi connectivity index (χ4v) is 2.64. The molecule has 2 aromatic carbocycles. The maximum absolute atomic E-state index is 11.3. The summed E-state index contributed by atoms with van der Waals surface area (Å²) in [7, 11) is 1.72. The summed E-state index contributed by atoms with van der Waals surface area (Å²) in [5, 5.41) is 6.56. The molecule has 158 valence electrons. The molecule has 0 radical (unpaired) electrons. The van der Waals surface area contributed by atoms with Gasteiger partial charge in [0, 0.05) is 31.3 Å². The van der Waals surface area contributed by atoms with Gasteiger partial charge in [0.2, 0.25) is 5.91 Å². The van der Waals surface area contributed by atoms with E-state index in [1.807, 2.05) is 12.1 Å². The third-order valence-corrected chi connectivity index (χ3v) is 4.47. The molecular formula is C22H31IN4O2. The van der Waals surface area contributed by atoms with Gasteiger partial charge < -0.3 is 21.1 Å². The average molecular weight is 510 g/mol. The maximum atomic E-state index is 11.3. The zero-order valence-corrected chi connectivity index (χ0v) is 19.8. The second-order valence-corrected chi connectivity index (χ2v) is 6.79. The fourth-order valence-electron chi connectivity index (χ4n) is 2.64. The largest absolute Gasteiger partial charge is 0.490 e. The Morgan fingerprint density at radius 2 is 1.90 bits per heavy atom. The standard InChI is InChI=1S/C22H30N4O2.HI/c1-5-16(3)28-20-11-15(2)9-10-19(20)14-26-22(24-4)25-13-17-7-6-8-18(12-17)21(23)27;/h6-12,16H,5,13-14H2,1-4H3,(H2,23,27)(H2,24,25,26);1H. The van der Waals surface area contributed by atoms with Crippen molar-refractivity contribution in [3.8, 4) is 5.75 Å². The van der Waals surface area contributed by atoms with Gasteiger partial charge in [0.25, 0.3) is 0 Å². The predicted octanol–water partition coefficient (Wildman–Crippen LogP) is 3.75. The Morgan fingerprint density at radius 1 is 1.17 bits per heavy atom. The smallest absolute Gasteiger partial charge is 0.248 e. The lowest BCUT2D eigenvalue weighted by Gasteiger charge is -2.18. The Balaban J connectivity index is 0.00000420. The molecule has 1 atom stereocenters. The van der Waals surface area contributed by atoms with E-state index in [2.05, 4.69) is 54.6 Å². The zero-order chi connectivity index (χ0) is 20.5. The summed E-state index contributed by atoms with van der Waals surface area (Å²) in [6.07, 6.45) is 1.12. The third kappa shape index (κ3) is 7.92. The number of nitrogens with zero attached hydrogens (tertiary/aromatic N) is 1. The van der Waals surface area contributed by atoms with Crippen LogP contribution in [0.4, 0.5) is 0 Å². The van der Waals surface area contributed by atoms with Crippen molar-refractivity contribution in [3.05, 3.63) is 64.7 Å². The number of guanidine groups is 1. The molecule has 1 unspecified atom stereocenters. The first kappa shape index (κ1) is 24.7. The summed E-state index contributed by atoms with van der Waals surface area (Å²) >= 11 is 0. The molecule has 0 heterocycles. The van der Waals surface area contributed by atoms with Crippen LogP contribution in [0.5, 0.6) is 5.75 Å². The van der Waals surface area contributed by atoms with Gasteiger partial charge in [-0.3, -0.25) is 9.79 Å². The van der Waals surface area contributed by atoms with Gasteiger partial charge in [0.05, 0.1) is 6.10 Å². The number of ether oxygens (including phenoxy) is 1. The number of hydrogen-bond acceptors (Lipinski definition) is 3. The van der Waals surface area contributed by atoms with Crippen LogP contribution in [0, 0.1) is 6.92 Å². The molecule has 7 heteroatoms.